The lowest BCUT2D eigenvalue weighted by molar-refractivity contribution is -0.275. The summed E-state index contributed by atoms with van der Waals surface area (Å²) < 4.78 is 4.53. The Labute approximate surface area is 79.2 Å². The van der Waals surface area contributed by atoms with Crippen LogP contribution in [0.25, 0.3) is 0 Å². The summed E-state index contributed by atoms with van der Waals surface area (Å²) in [5.74, 6) is -4.08. The standard InChI is InChI=1S/C6H10O6S/c7-2-1-6(11,5(9)10)12-4(13)3(2)8/h2-4,7-8,11,13H,1H2,(H,9,10). The maximum absolute atomic E-state index is 10.5. The van der Waals surface area contributed by atoms with E-state index in [1.165, 1.54) is 0 Å². The summed E-state index contributed by atoms with van der Waals surface area (Å²) in [5, 5.41) is 36.0. The molecule has 0 aromatic rings. The molecule has 4 atom stereocenters. The summed E-state index contributed by atoms with van der Waals surface area (Å²) in [5.41, 5.74) is -1.22. The number of rotatable bonds is 1. The lowest BCUT2D eigenvalue weighted by Gasteiger charge is -2.37. The molecule has 0 aromatic carbocycles. The maximum atomic E-state index is 10.5. The van der Waals surface area contributed by atoms with Gasteiger partial charge in [-0.2, -0.15) is 0 Å². The number of carboxylic acids is 1. The molecule has 0 aromatic heterocycles. The number of aliphatic carboxylic acids is 1. The van der Waals surface area contributed by atoms with Crippen LogP contribution >= 0.6 is 12.6 Å². The van der Waals surface area contributed by atoms with Gasteiger partial charge in [-0.05, 0) is 0 Å². The SMILES string of the molecule is O=C(O)C1(O)CC(O)C(O)C(S)O1. The molecule has 6 nitrogen and oxygen atoms in total. The highest BCUT2D eigenvalue weighted by molar-refractivity contribution is 7.80. The molecule has 76 valence electrons. The van der Waals surface area contributed by atoms with Crippen molar-refractivity contribution < 1.29 is 30.0 Å². The molecule has 0 spiro atoms. The van der Waals surface area contributed by atoms with Gasteiger partial charge in [0.2, 0.25) is 0 Å². The molecule has 1 aliphatic rings. The summed E-state index contributed by atoms with van der Waals surface area (Å²) >= 11 is 3.67. The minimum atomic E-state index is -2.47. The van der Waals surface area contributed by atoms with Crippen molar-refractivity contribution in [2.24, 2.45) is 0 Å². The molecule has 0 radical (unpaired) electrons. The number of aliphatic hydroxyl groups is 3. The smallest absolute Gasteiger partial charge is 0.364 e. The summed E-state index contributed by atoms with van der Waals surface area (Å²) in [4.78, 5) is 10.5. The largest absolute Gasteiger partial charge is 0.477 e. The van der Waals surface area contributed by atoms with Crippen LogP contribution in [0.3, 0.4) is 0 Å². The second kappa shape index (κ2) is 3.43. The fourth-order valence-electron chi connectivity index (χ4n) is 1.05. The summed E-state index contributed by atoms with van der Waals surface area (Å²) in [6.45, 7) is 0. The van der Waals surface area contributed by atoms with Gasteiger partial charge in [0.25, 0.3) is 5.79 Å². The van der Waals surface area contributed by atoms with Crippen LogP contribution in [0.2, 0.25) is 0 Å². The normalized spacial score (nSPS) is 46.0. The van der Waals surface area contributed by atoms with Crippen molar-refractivity contribution in [1.29, 1.82) is 0 Å². The van der Waals surface area contributed by atoms with Gasteiger partial charge in [0, 0.05) is 6.42 Å². The zero-order valence-corrected chi connectivity index (χ0v) is 7.39. The first-order valence-corrected chi connectivity index (χ1v) is 4.06. The second-order valence-electron chi connectivity index (χ2n) is 2.86. The fraction of sp³-hybridized carbons (Fsp3) is 0.833. The number of ether oxygens (including phenoxy) is 1. The number of aliphatic hydroxyl groups excluding tert-OH is 2. The third-order valence-corrected chi connectivity index (χ3v) is 2.23. The Kier molecular flexibility index (Phi) is 2.83. The van der Waals surface area contributed by atoms with E-state index in [9.17, 15) is 9.90 Å². The first-order chi connectivity index (χ1) is 5.87. The highest BCUT2D eigenvalue weighted by atomic mass is 32.1. The number of hydrogen-bond donors (Lipinski definition) is 5. The molecule has 0 bridgehead atoms. The van der Waals surface area contributed by atoms with E-state index in [1.54, 1.807) is 0 Å². The van der Waals surface area contributed by atoms with Crippen LogP contribution in [0.1, 0.15) is 6.42 Å². The molecule has 0 saturated carbocycles. The molecule has 0 aliphatic carbocycles. The number of carboxylic acid groups (broad SMARTS) is 1. The quantitative estimate of drug-likeness (QED) is 0.325. The molecule has 13 heavy (non-hydrogen) atoms. The topological polar surface area (TPSA) is 107 Å². The average Bonchev–Trinajstić information content (AvgIpc) is 2.00. The lowest BCUT2D eigenvalue weighted by atomic mass is 10.0. The van der Waals surface area contributed by atoms with E-state index in [4.69, 9.17) is 15.3 Å². The van der Waals surface area contributed by atoms with Crippen molar-refractivity contribution >= 4 is 18.6 Å². The summed E-state index contributed by atoms with van der Waals surface area (Å²) in [7, 11) is 0. The molecule has 1 rings (SSSR count). The summed E-state index contributed by atoms with van der Waals surface area (Å²) in [6.07, 6.45) is -3.25. The van der Waals surface area contributed by atoms with Crippen LogP contribution in [-0.4, -0.2) is 49.8 Å². The molecule has 0 amide bonds. The van der Waals surface area contributed by atoms with Crippen molar-refractivity contribution in [3.63, 3.8) is 0 Å². The molecule has 4 N–H and O–H groups in total. The van der Waals surface area contributed by atoms with Crippen LogP contribution in [0.4, 0.5) is 0 Å². The van der Waals surface area contributed by atoms with Gasteiger partial charge >= 0.3 is 5.97 Å². The molecule has 1 aliphatic heterocycles. The molecular formula is C6H10O6S. The lowest BCUT2D eigenvalue weighted by Crippen LogP contribution is -2.56. The Balaban J connectivity index is 2.79. The van der Waals surface area contributed by atoms with Gasteiger partial charge in [-0.1, -0.05) is 0 Å². The highest BCUT2D eigenvalue weighted by Gasteiger charge is 2.49. The van der Waals surface area contributed by atoms with Crippen molar-refractivity contribution in [2.45, 2.75) is 29.9 Å². The third-order valence-electron chi connectivity index (χ3n) is 1.82. The Morgan fingerprint density at radius 1 is 1.54 bits per heavy atom. The Bertz CT molecular complexity index is 207. The minimum Gasteiger partial charge on any atom is -0.477 e. The predicted octanol–water partition coefficient (Wildman–Crippen LogP) is -1.84. The van der Waals surface area contributed by atoms with Crippen molar-refractivity contribution in [1.82, 2.24) is 0 Å². The van der Waals surface area contributed by atoms with Crippen molar-refractivity contribution in [3.8, 4) is 0 Å². The van der Waals surface area contributed by atoms with E-state index in [1.807, 2.05) is 0 Å². The van der Waals surface area contributed by atoms with Gasteiger partial charge in [-0.15, -0.1) is 12.6 Å². The third kappa shape index (κ3) is 1.94. The minimum absolute atomic E-state index is 0.583. The maximum Gasteiger partial charge on any atom is 0.364 e. The van der Waals surface area contributed by atoms with Gasteiger partial charge in [0.15, 0.2) is 0 Å². The second-order valence-corrected chi connectivity index (χ2v) is 3.37. The van der Waals surface area contributed by atoms with Crippen LogP contribution in [-0.2, 0) is 9.53 Å². The number of carbonyl (C=O) groups is 1. The average molecular weight is 210 g/mol. The monoisotopic (exact) mass is 210 g/mol. The highest BCUT2D eigenvalue weighted by Crippen LogP contribution is 2.29. The molecule has 7 heteroatoms. The molecular weight excluding hydrogens is 200 g/mol. The molecule has 1 saturated heterocycles. The zero-order valence-electron chi connectivity index (χ0n) is 6.49. The fourth-order valence-corrected chi connectivity index (χ4v) is 1.42. The Morgan fingerprint density at radius 3 is 2.46 bits per heavy atom. The van der Waals surface area contributed by atoms with Gasteiger partial charge in [0.1, 0.15) is 11.5 Å². The van der Waals surface area contributed by atoms with Gasteiger partial charge < -0.3 is 25.2 Å². The van der Waals surface area contributed by atoms with Crippen LogP contribution < -0.4 is 0 Å². The summed E-state index contributed by atoms with van der Waals surface area (Å²) in [6, 6.07) is 0. The van der Waals surface area contributed by atoms with E-state index in [0.29, 0.717) is 0 Å². The van der Waals surface area contributed by atoms with E-state index < -0.39 is 35.8 Å². The van der Waals surface area contributed by atoms with E-state index in [-0.39, 0.29) is 0 Å². The Morgan fingerprint density at radius 2 is 2.08 bits per heavy atom. The number of thiol groups is 1. The van der Waals surface area contributed by atoms with Crippen LogP contribution in [0.15, 0.2) is 0 Å². The van der Waals surface area contributed by atoms with E-state index in [0.717, 1.165) is 0 Å². The predicted molar refractivity (Wildman–Crippen MR) is 43.1 cm³/mol. The van der Waals surface area contributed by atoms with Crippen LogP contribution in [0.5, 0.6) is 0 Å². The van der Waals surface area contributed by atoms with E-state index >= 15 is 0 Å². The van der Waals surface area contributed by atoms with Crippen molar-refractivity contribution in [3.05, 3.63) is 0 Å². The number of hydrogen-bond acceptors (Lipinski definition) is 6. The first kappa shape index (κ1) is 10.7. The van der Waals surface area contributed by atoms with E-state index in [2.05, 4.69) is 17.4 Å². The van der Waals surface area contributed by atoms with Gasteiger partial charge in [0.05, 0.1) is 6.10 Å². The Hall–Kier alpha value is -0.340. The molecule has 1 fully saturated rings. The molecule has 1 heterocycles. The molecule has 4 unspecified atom stereocenters. The van der Waals surface area contributed by atoms with Crippen molar-refractivity contribution in [2.75, 3.05) is 0 Å². The van der Waals surface area contributed by atoms with Crippen LogP contribution in [0, 0.1) is 0 Å². The zero-order chi connectivity index (χ0) is 10.2. The van der Waals surface area contributed by atoms with Gasteiger partial charge in [-0.3, -0.25) is 0 Å². The first-order valence-electron chi connectivity index (χ1n) is 3.54. The van der Waals surface area contributed by atoms with Gasteiger partial charge in [-0.25, -0.2) is 4.79 Å².